The maximum Gasteiger partial charge on any atom is 0.302 e. The lowest BCUT2D eigenvalue weighted by Gasteiger charge is -2.20. The highest BCUT2D eigenvalue weighted by Crippen LogP contribution is 2.42. The molecule has 8 heteroatoms. The Morgan fingerprint density at radius 1 is 1.15 bits per heavy atom. The van der Waals surface area contributed by atoms with Gasteiger partial charge in [0.25, 0.3) is 5.78 Å². The number of rotatable bonds is 5. The number of H-pyrrole nitrogens is 1. The van der Waals surface area contributed by atoms with Crippen LogP contribution in [0.3, 0.4) is 0 Å². The van der Waals surface area contributed by atoms with Gasteiger partial charge in [-0.1, -0.05) is 12.1 Å². The maximum atomic E-state index is 13.2. The molecule has 172 valence electrons. The van der Waals surface area contributed by atoms with Gasteiger partial charge in [0.15, 0.2) is 0 Å². The van der Waals surface area contributed by atoms with E-state index in [9.17, 15) is 14.7 Å². The summed E-state index contributed by atoms with van der Waals surface area (Å²) in [5, 5.41) is 11.3. The molecule has 1 fully saturated rings. The van der Waals surface area contributed by atoms with Gasteiger partial charge in [0.2, 0.25) is 5.95 Å². The molecular weight excluding hydrogens is 434 g/mol. The number of hydrogen-bond donors (Lipinski definition) is 2. The van der Waals surface area contributed by atoms with Crippen molar-refractivity contribution in [3.05, 3.63) is 82.8 Å². The number of furan rings is 1. The fourth-order valence-corrected chi connectivity index (χ4v) is 4.24. The van der Waals surface area contributed by atoms with Gasteiger partial charge in [-0.25, -0.2) is 4.98 Å². The highest BCUT2D eigenvalue weighted by molar-refractivity contribution is 6.51. The molecule has 1 aliphatic heterocycles. The Balaban J connectivity index is 1.69. The summed E-state index contributed by atoms with van der Waals surface area (Å²) in [6.45, 7) is 6.01. The van der Waals surface area contributed by atoms with Crippen molar-refractivity contribution in [2.45, 2.75) is 26.8 Å². The molecule has 0 saturated carbocycles. The number of aryl methyl sites for hydroxylation is 2. The maximum absolute atomic E-state index is 13.2. The van der Waals surface area contributed by atoms with E-state index in [4.69, 9.17) is 9.15 Å². The largest absolute Gasteiger partial charge is 0.507 e. The summed E-state index contributed by atoms with van der Waals surface area (Å²) in [5.74, 6) is -0.0687. The molecule has 2 aromatic carbocycles. The van der Waals surface area contributed by atoms with Gasteiger partial charge < -0.3 is 19.2 Å². The van der Waals surface area contributed by atoms with Crippen molar-refractivity contribution in [3.8, 4) is 5.75 Å². The molecular formula is C26H23N3O5. The lowest BCUT2D eigenvalue weighted by atomic mass is 9.98. The van der Waals surface area contributed by atoms with E-state index in [1.807, 2.05) is 32.0 Å². The van der Waals surface area contributed by atoms with Gasteiger partial charge >= 0.3 is 5.91 Å². The molecule has 4 aromatic rings. The number of ether oxygens (including phenoxy) is 1. The van der Waals surface area contributed by atoms with E-state index < -0.39 is 17.7 Å². The van der Waals surface area contributed by atoms with Gasteiger partial charge in [0.1, 0.15) is 29.1 Å². The highest BCUT2D eigenvalue weighted by Gasteiger charge is 2.49. The van der Waals surface area contributed by atoms with E-state index in [1.165, 1.54) is 4.90 Å². The minimum Gasteiger partial charge on any atom is -0.507 e. The molecule has 0 aliphatic carbocycles. The van der Waals surface area contributed by atoms with Crippen LogP contribution in [-0.2, 0) is 9.59 Å². The minimum atomic E-state index is -0.985. The molecule has 2 aromatic heterocycles. The lowest BCUT2D eigenvalue weighted by molar-refractivity contribution is -0.132. The zero-order valence-corrected chi connectivity index (χ0v) is 19.0. The number of anilines is 1. The SMILES string of the molecule is CCOc1ccc(/C(O)=C2\C(=O)C(=O)N(c3nc4ccccc4[nH]3)C2c2ccc(C)o2)cc1C. The van der Waals surface area contributed by atoms with Crippen LogP contribution in [-0.4, -0.2) is 33.4 Å². The fraction of sp³-hybridized carbons (Fsp3) is 0.192. The Hall–Kier alpha value is -4.33. The summed E-state index contributed by atoms with van der Waals surface area (Å²) in [7, 11) is 0. The quantitative estimate of drug-likeness (QED) is 0.253. The summed E-state index contributed by atoms with van der Waals surface area (Å²) in [4.78, 5) is 35.3. The van der Waals surface area contributed by atoms with E-state index in [2.05, 4.69) is 9.97 Å². The van der Waals surface area contributed by atoms with Crippen LogP contribution in [0, 0.1) is 13.8 Å². The van der Waals surface area contributed by atoms with Crippen molar-refractivity contribution in [2.75, 3.05) is 11.5 Å². The predicted octanol–water partition coefficient (Wildman–Crippen LogP) is 4.80. The topological polar surface area (TPSA) is 109 Å². The number of para-hydroxylation sites is 2. The van der Waals surface area contributed by atoms with Crippen LogP contribution in [0.5, 0.6) is 5.75 Å². The van der Waals surface area contributed by atoms with Crippen molar-refractivity contribution >= 4 is 34.4 Å². The van der Waals surface area contributed by atoms with Crippen LogP contribution in [0.2, 0.25) is 0 Å². The highest BCUT2D eigenvalue weighted by atomic mass is 16.5. The number of aromatic nitrogens is 2. The summed E-state index contributed by atoms with van der Waals surface area (Å²) < 4.78 is 11.4. The number of carbonyl (C=O) groups is 2. The summed E-state index contributed by atoms with van der Waals surface area (Å²) in [5.41, 5.74) is 2.50. The van der Waals surface area contributed by atoms with Crippen LogP contribution in [0.4, 0.5) is 5.95 Å². The van der Waals surface area contributed by atoms with Crippen molar-refractivity contribution < 1.29 is 23.8 Å². The molecule has 1 unspecified atom stereocenters. The number of fused-ring (bicyclic) bond motifs is 1. The Kier molecular flexibility index (Phi) is 5.20. The zero-order chi connectivity index (χ0) is 24.0. The summed E-state index contributed by atoms with van der Waals surface area (Å²) in [6.07, 6.45) is 0. The van der Waals surface area contributed by atoms with Crippen LogP contribution in [0.15, 0.2) is 64.6 Å². The average Bonchev–Trinajstić information content (AvgIpc) is 3.51. The number of hydrogen-bond acceptors (Lipinski definition) is 6. The average molecular weight is 457 g/mol. The smallest absolute Gasteiger partial charge is 0.302 e. The number of amides is 1. The predicted molar refractivity (Wildman–Crippen MR) is 127 cm³/mol. The van der Waals surface area contributed by atoms with Crippen molar-refractivity contribution in [3.63, 3.8) is 0 Å². The molecule has 2 N–H and O–H groups in total. The number of ketones is 1. The third-order valence-electron chi connectivity index (χ3n) is 5.83. The van der Waals surface area contributed by atoms with E-state index in [-0.39, 0.29) is 17.3 Å². The molecule has 1 saturated heterocycles. The van der Waals surface area contributed by atoms with Gasteiger partial charge in [0.05, 0.1) is 23.2 Å². The molecule has 5 rings (SSSR count). The first-order chi connectivity index (χ1) is 16.4. The summed E-state index contributed by atoms with van der Waals surface area (Å²) >= 11 is 0. The van der Waals surface area contributed by atoms with Gasteiger partial charge in [-0.2, -0.15) is 0 Å². The van der Waals surface area contributed by atoms with Gasteiger partial charge in [0, 0.05) is 5.56 Å². The summed E-state index contributed by atoms with van der Waals surface area (Å²) in [6, 6.07) is 14.9. The lowest BCUT2D eigenvalue weighted by Crippen LogP contribution is -2.30. The second kappa shape index (κ2) is 8.22. The first kappa shape index (κ1) is 21.5. The molecule has 3 heterocycles. The zero-order valence-electron chi connectivity index (χ0n) is 19.0. The van der Waals surface area contributed by atoms with Crippen LogP contribution in [0.1, 0.15) is 35.6 Å². The molecule has 34 heavy (non-hydrogen) atoms. The number of aliphatic hydroxyl groups is 1. The molecule has 0 radical (unpaired) electrons. The van der Waals surface area contributed by atoms with E-state index in [0.29, 0.717) is 35.0 Å². The number of nitrogens with zero attached hydrogens (tertiary/aromatic N) is 2. The van der Waals surface area contributed by atoms with E-state index in [0.717, 1.165) is 11.1 Å². The third-order valence-corrected chi connectivity index (χ3v) is 5.83. The first-order valence-electron chi connectivity index (χ1n) is 10.9. The number of Topliss-reactive ketones (excluding diaryl/α,β-unsaturated/α-hetero) is 1. The standard InChI is InChI=1S/C26H23N3O5/c1-4-33-19-12-10-16(13-14(19)2)23(30)21-22(20-11-9-15(3)34-20)29(25(32)24(21)31)26-27-17-7-5-6-8-18(17)28-26/h5-13,22,30H,4H2,1-3H3,(H,27,28)/b23-21+. The normalized spacial score (nSPS) is 17.6. The van der Waals surface area contributed by atoms with E-state index >= 15 is 0 Å². The van der Waals surface area contributed by atoms with Crippen LogP contribution >= 0.6 is 0 Å². The first-order valence-corrected chi connectivity index (χ1v) is 10.9. The van der Waals surface area contributed by atoms with Crippen molar-refractivity contribution in [2.24, 2.45) is 0 Å². The minimum absolute atomic E-state index is 0.0663. The Morgan fingerprint density at radius 2 is 1.94 bits per heavy atom. The molecule has 1 atom stereocenters. The van der Waals surface area contributed by atoms with Gasteiger partial charge in [-0.05, 0) is 68.8 Å². The van der Waals surface area contributed by atoms with Crippen LogP contribution < -0.4 is 9.64 Å². The molecule has 1 amide bonds. The fourth-order valence-electron chi connectivity index (χ4n) is 4.24. The van der Waals surface area contributed by atoms with Crippen LogP contribution in [0.25, 0.3) is 16.8 Å². The van der Waals surface area contributed by atoms with Gasteiger partial charge in [-0.3, -0.25) is 14.5 Å². The monoisotopic (exact) mass is 457 g/mol. The number of aromatic amines is 1. The van der Waals surface area contributed by atoms with E-state index in [1.54, 1.807) is 43.3 Å². The Labute approximate surface area is 195 Å². The van der Waals surface area contributed by atoms with Crippen molar-refractivity contribution in [1.29, 1.82) is 0 Å². The third kappa shape index (κ3) is 3.44. The number of aliphatic hydroxyl groups excluding tert-OH is 1. The number of nitrogens with one attached hydrogen (secondary N) is 1. The Bertz CT molecular complexity index is 1430. The molecule has 1 aliphatic rings. The number of imidazole rings is 1. The molecule has 0 bridgehead atoms. The van der Waals surface area contributed by atoms with Gasteiger partial charge in [-0.15, -0.1) is 0 Å². The second-order valence-electron chi connectivity index (χ2n) is 8.11. The second-order valence-corrected chi connectivity index (χ2v) is 8.11. The number of carbonyl (C=O) groups excluding carboxylic acids is 2. The van der Waals surface area contributed by atoms with Crippen molar-refractivity contribution in [1.82, 2.24) is 9.97 Å². The molecule has 8 nitrogen and oxygen atoms in total. The molecule has 0 spiro atoms. The number of benzene rings is 2. The Morgan fingerprint density at radius 3 is 2.62 bits per heavy atom.